The van der Waals surface area contributed by atoms with Gasteiger partial charge in [0.25, 0.3) is 0 Å². The normalized spacial score (nSPS) is 10.4. The summed E-state index contributed by atoms with van der Waals surface area (Å²) in [5.74, 6) is -0.175. The van der Waals surface area contributed by atoms with E-state index in [9.17, 15) is 14.4 Å². The molecule has 2 aromatic rings. The molecule has 0 unspecified atom stereocenters. The quantitative estimate of drug-likeness (QED) is 0.352. The molecular formula is C21H25NO5S. The van der Waals surface area contributed by atoms with E-state index in [1.54, 1.807) is 30.3 Å². The predicted molar refractivity (Wildman–Crippen MR) is 108 cm³/mol. The second kappa shape index (κ2) is 11.2. The van der Waals surface area contributed by atoms with Crippen LogP contribution in [-0.2, 0) is 16.0 Å². The largest absolute Gasteiger partial charge is 0.494 e. The van der Waals surface area contributed by atoms with Gasteiger partial charge >= 0.3 is 5.97 Å². The number of thiophene rings is 1. The Bertz CT molecular complexity index is 797. The van der Waals surface area contributed by atoms with Crippen molar-refractivity contribution in [3.05, 3.63) is 51.7 Å². The van der Waals surface area contributed by atoms with Crippen molar-refractivity contribution in [3.63, 3.8) is 0 Å². The van der Waals surface area contributed by atoms with Crippen LogP contribution >= 0.6 is 11.3 Å². The van der Waals surface area contributed by atoms with Gasteiger partial charge in [-0.3, -0.25) is 9.59 Å². The highest BCUT2D eigenvalue weighted by molar-refractivity contribution is 7.14. The lowest BCUT2D eigenvalue weighted by molar-refractivity contribution is -0.118. The number of esters is 1. The number of ketones is 1. The maximum atomic E-state index is 12.2. The molecule has 0 spiro atoms. The summed E-state index contributed by atoms with van der Waals surface area (Å²) in [6.07, 6.45) is 2.69. The minimum atomic E-state index is -0.545. The van der Waals surface area contributed by atoms with Crippen molar-refractivity contribution in [1.82, 2.24) is 5.32 Å². The number of carbonyl (C=O) groups excluding carboxylic acids is 3. The summed E-state index contributed by atoms with van der Waals surface area (Å²) in [6, 6.07) is 10.2. The third kappa shape index (κ3) is 7.15. The number of Topliss-reactive ketones (excluding diaryl/α,β-unsaturated/α-hetero) is 1. The van der Waals surface area contributed by atoms with Gasteiger partial charge in [0, 0.05) is 18.3 Å². The standard InChI is InChI=1S/C21H25NO5S/c1-3-4-13-26-17-7-5-16(6-8-17)21(25)27-14-19(24)20-10-9-18(28-20)11-12-22-15(2)23/h5-10H,3-4,11-14H2,1-2H3,(H,22,23). The Morgan fingerprint density at radius 2 is 1.82 bits per heavy atom. The predicted octanol–water partition coefficient (Wildman–Crippen LogP) is 3.65. The highest BCUT2D eigenvalue weighted by atomic mass is 32.1. The third-order valence-corrected chi connectivity index (χ3v) is 5.06. The van der Waals surface area contributed by atoms with Crippen LogP contribution in [0.5, 0.6) is 5.75 Å². The smallest absolute Gasteiger partial charge is 0.338 e. The fraction of sp³-hybridized carbons (Fsp3) is 0.381. The molecule has 28 heavy (non-hydrogen) atoms. The SMILES string of the molecule is CCCCOc1ccc(C(=O)OCC(=O)c2ccc(CCNC(C)=O)s2)cc1. The average molecular weight is 404 g/mol. The van der Waals surface area contributed by atoms with Crippen LogP contribution in [0.15, 0.2) is 36.4 Å². The van der Waals surface area contributed by atoms with E-state index in [1.807, 2.05) is 6.07 Å². The Morgan fingerprint density at radius 3 is 2.50 bits per heavy atom. The van der Waals surface area contributed by atoms with Gasteiger partial charge in [0.2, 0.25) is 11.7 Å². The Balaban J connectivity index is 1.79. The van der Waals surface area contributed by atoms with E-state index < -0.39 is 5.97 Å². The maximum absolute atomic E-state index is 12.2. The van der Waals surface area contributed by atoms with Gasteiger partial charge < -0.3 is 14.8 Å². The van der Waals surface area contributed by atoms with Crippen LogP contribution in [0, 0.1) is 0 Å². The molecule has 0 saturated heterocycles. The lowest BCUT2D eigenvalue weighted by atomic mass is 10.2. The summed E-state index contributed by atoms with van der Waals surface area (Å²) in [7, 11) is 0. The van der Waals surface area contributed by atoms with Crippen molar-refractivity contribution in [2.24, 2.45) is 0 Å². The molecule has 0 aliphatic carbocycles. The summed E-state index contributed by atoms with van der Waals surface area (Å²) in [5, 5.41) is 2.71. The minimum Gasteiger partial charge on any atom is -0.494 e. The van der Waals surface area contributed by atoms with Crippen molar-refractivity contribution in [1.29, 1.82) is 0 Å². The van der Waals surface area contributed by atoms with Gasteiger partial charge in [-0.1, -0.05) is 13.3 Å². The van der Waals surface area contributed by atoms with E-state index in [0.717, 1.165) is 17.7 Å². The highest BCUT2D eigenvalue weighted by Crippen LogP contribution is 2.18. The summed E-state index contributed by atoms with van der Waals surface area (Å²) >= 11 is 1.34. The number of benzene rings is 1. The molecule has 1 heterocycles. The molecular weight excluding hydrogens is 378 g/mol. The van der Waals surface area contributed by atoms with E-state index >= 15 is 0 Å². The van der Waals surface area contributed by atoms with Crippen LogP contribution in [0.4, 0.5) is 0 Å². The van der Waals surface area contributed by atoms with E-state index in [1.165, 1.54) is 18.3 Å². The maximum Gasteiger partial charge on any atom is 0.338 e. The molecule has 0 atom stereocenters. The molecule has 1 aromatic carbocycles. The summed E-state index contributed by atoms with van der Waals surface area (Å²) in [4.78, 5) is 36.7. The van der Waals surface area contributed by atoms with Gasteiger partial charge in [-0.2, -0.15) is 0 Å². The molecule has 0 radical (unpaired) electrons. The molecule has 0 aliphatic heterocycles. The molecule has 7 heteroatoms. The first kappa shape index (κ1) is 21.6. The number of hydrogen-bond acceptors (Lipinski definition) is 6. The fourth-order valence-electron chi connectivity index (χ4n) is 2.33. The second-order valence-corrected chi connectivity index (χ2v) is 7.39. The summed E-state index contributed by atoms with van der Waals surface area (Å²) in [5.41, 5.74) is 0.373. The molecule has 1 N–H and O–H groups in total. The molecule has 0 bridgehead atoms. The lowest BCUT2D eigenvalue weighted by Gasteiger charge is -2.07. The molecule has 1 amide bonds. The van der Waals surface area contributed by atoms with Crippen LogP contribution in [0.25, 0.3) is 0 Å². The van der Waals surface area contributed by atoms with E-state index in [0.29, 0.717) is 35.8 Å². The summed E-state index contributed by atoms with van der Waals surface area (Å²) < 4.78 is 10.7. The molecule has 0 aliphatic rings. The monoisotopic (exact) mass is 403 g/mol. The van der Waals surface area contributed by atoms with Crippen LogP contribution in [0.3, 0.4) is 0 Å². The van der Waals surface area contributed by atoms with Gasteiger partial charge in [-0.25, -0.2) is 4.79 Å². The van der Waals surface area contributed by atoms with Gasteiger partial charge in [0.05, 0.1) is 17.0 Å². The first-order chi connectivity index (χ1) is 13.5. The summed E-state index contributed by atoms with van der Waals surface area (Å²) in [6.45, 7) is 4.41. The zero-order chi connectivity index (χ0) is 20.4. The van der Waals surface area contributed by atoms with Gasteiger partial charge in [0.1, 0.15) is 5.75 Å². The molecule has 0 saturated carbocycles. The topological polar surface area (TPSA) is 81.7 Å². The fourth-order valence-corrected chi connectivity index (χ4v) is 3.26. The number of rotatable bonds is 11. The van der Waals surface area contributed by atoms with Gasteiger partial charge in [-0.05, 0) is 49.2 Å². The molecule has 2 rings (SSSR count). The zero-order valence-corrected chi connectivity index (χ0v) is 17.0. The van der Waals surface area contributed by atoms with E-state index in [4.69, 9.17) is 9.47 Å². The molecule has 150 valence electrons. The van der Waals surface area contributed by atoms with E-state index in [-0.39, 0.29) is 18.3 Å². The van der Waals surface area contributed by atoms with Crippen molar-refractivity contribution in [3.8, 4) is 5.75 Å². The number of unbranched alkanes of at least 4 members (excludes halogenated alkanes) is 1. The van der Waals surface area contributed by atoms with Crippen molar-refractivity contribution >= 4 is 29.0 Å². The minimum absolute atomic E-state index is 0.0830. The Hall–Kier alpha value is -2.67. The number of carbonyl (C=O) groups is 3. The third-order valence-electron chi connectivity index (χ3n) is 3.87. The molecule has 6 nitrogen and oxygen atoms in total. The Kier molecular flexibility index (Phi) is 8.68. The Morgan fingerprint density at radius 1 is 1.07 bits per heavy atom. The lowest BCUT2D eigenvalue weighted by Crippen LogP contribution is -2.22. The number of ether oxygens (including phenoxy) is 2. The Labute approximate surface area is 168 Å². The molecule has 1 aromatic heterocycles. The molecule has 0 fully saturated rings. The van der Waals surface area contributed by atoms with Gasteiger partial charge in [-0.15, -0.1) is 11.3 Å². The zero-order valence-electron chi connectivity index (χ0n) is 16.2. The van der Waals surface area contributed by atoms with E-state index in [2.05, 4.69) is 12.2 Å². The van der Waals surface area contributed by atoms with Crippen LogP contribution in [0.1, 0.15) is 51.6 Å². The van der Waals surface area contributed by atoms with Crippen molar-refractivity contribution in [2.75, 3.05) is 19.8 Å². The highest BCUT2D eigenvalue weighted by Gasteiger charge is 2.14. The first-order valence-corrected chi connectivity index (χ1v) is 10.1. The van der Waals surface area contributed by atoms with Crippen molar-refractivity contribution < 1.29 is 23.9 Å². The number of hydrogen-bond donors (Lipinski definition) is 1. The number of nitrogens with one attached hydrogen (secondary N) is 1. The van der Waals surface area contributed by atoms with Crippen LogP contribution in [-0.4, -0.2) is 37.4 Å². The first-order valence-electron chi connectivity index (χ1n) is 9.26. The van der Waals surface area contributed by atoms with Crippen LogP contribution in [0.2, 0.25) is 0 Å². The van der Waals surface area contributed by atoms with Gasteiger partial charge in [0.15, 0.2) is 6.61 Å². The van der Waals surface area contributed by atoms with Crippen molar-refractivity contribution in [2.45, 2.75) is 33.1 Å². The average Bonchev–Trinajstić information content (AvgIpc) is 3.15. The second-order valence-electron chi connectivity index (χ2n) is 6.22. The number of amides is 1. The van der Waals surface area contributed by atoms with Crippen LogP contribution < -0.4 is 10.1 Å².